The molecule has 0 aliphatic heterocycles. The number of anilines is 1. The minimum Gasteiger partial charge on any atom is -0.493 e. The Hall–Kier alpha value is -4.32. The highest BCUT2D eigenvalue weighted by molar-refractivity contribution is 7.99. The van der Waals surface area contributed by atoms with Crippen LogP contribution in [0.3, 0.4) is 0 Å². The van der Waals surface area contributed by atoms with E-state index in [2.05, 4.69) is 32.1 Å². The van der Waals surface area contributed by atoms with Crippen LogP contribution in [0.2, 0.25) is 0 Å². The van der Waals surface area contributed by atoms with Crippen molar-refractivity contribution in [3.8, 4) is 11.5 Å². The molecule has 2 N–H and O–H groups in total. The lowest BCUT2D eigenvalue weighted by Crippen LogP contribution is -2.25. The molecule has 0 fully saturated rings. The second-order valence-corrected chi connectivity index (χ2v) is 8.40. The van der Waals surface area contributed by atoms with Gasteiger partial charge in [0.2, 0.25) is 5.91 Å². The first kappa shape index (κ1) is 27.3. The lowest BCUT2D eigenvalue weighted by Gasteiger charge is -2.11. The van der Waals surface area contributed by atoms with Gasteiger partial charge in [0.15, 0.2) is 22.5 Å². The normalized spacial score (nSPS) is 10.4. The van der Waals surface area contributed by atoms with Crippen LogP contribution in [-0.2, 0) is 22.6 Å². The number of allylic oxidation sites excluding steroid dienone is 1. The average Bonchev–Trinajstić information content (AvgIpc) is 3.31. The predicted molar refractivity (Wildman–Crippen MR) is 138 cm³/mol. The summed E-state index contributed by atoms with van der Waals surface area (Å²) in [6, 6.07) is 11.2. The Balaban J connectivity index is 1.60. The lowest BCUT2D eigenvalue weighted by molar-refractivity contribution is -0.113. The van der Waals surface area contributed by atoms with E-state index in [1.807, 2.05) is 0 Å². The number of esters is 1. The monoisotopic (exact) mass is 525 g/mol. The molecule has 0 radical (unpaired) electrons. The molecule has 11 nitrogen and oxygen atoms in total. The molecular formula is C25H27N5O6S. The van der Waals surface area contributed by atoms with Gasteiger partial charge in [-0.3, -0.25) is 9.59 Å². The number of hydrogen-bond acceptors (Lipinski definition) is 9. The van der Waals surface area contributed by atoms with E-state index in [1.54, 1.807) is 53.1 Å². The molecule has 2 amide bonds. The number of nitrogens with zero attached hydrogens (tertiary/aromatic N) is 3. The maximum Gasteiger partial charge on any atom is 0.337 e. The Labute approximate surface area is 218 Å². The van der Waals surface area contributed by atoms with Crippen LogP contribution in [0.25, 0.3) is 0 Å². The number of nitrogens with one attached hydrogen (secondary N) is 2. The number of carbonyl (C=O) groups excluding carboxylic acids is 3. The highest BCUT2D eigenvalue weighted by Gasteiger charge is 2.16. The molecule has 1 aromatic heterocycles. The van der Waals surface area contributed by atoms with Crippen LogP contribution in [0.4, 0.5) is 5.69 Å². The van der Waals surface area contributed by atoms with Crippen LogP contribution >= 0.6 is 11.8 Å². The minimum atomic E-state index is -0.453. The molecule has 0 saturated carbocycles. The molecule has 0 spiro atoms. The number of methoxy groups -OCH3 is 3. The van der Waals surface area contributed by atoms with Gasteiger partial charge >= 0.3 is 5.97 Å². The molecule has 1 heterocycles. The molecule has 0 aliphatic rings. The third-order valence-corrected chi connectivity index (χ3v) is 6.05. The van der Waals surface area contributed by atoms with E-state index in [1.165, 1.54) is 33.1 Å². The van der Waals surface area contributed by atoms with E-state index in [4.69, 9.17) is 9.47 Å². The van der Waals surface area contributed by atoms with Crippen molar-refractivity contribution in [3.63, 3.8) is 0 Å². The molecule has 2 aromatic carbocycles. The summed E-state index contributed by atoms with van der Waals surface area (Å²) in [6.07, 6.45) is 1.68. The first-order valence-corrected chi connectivity index (χ1v) is 12.0. The van der Waals surface area contributed by atoms with E-state index >= 15 is 0 Å². The second kappa shape index (κ2) is 13.1. The highest BCUT2D eigenvalue weighted by Crippen LogP contribution is 2.27. The third kappa shape index (κ3) is 7.10. The van der Waals surface area contributed by atoms with Crippen LogP contribution < -0.4 is 20.1 Å². The van der Waals surface area contributed by atoms with E-state index in [9.17, 15) is 14.4 Å². The van der Waals surface area contributed by atoms with Gasteiger partial charge in [-0.05, 0) is 42.5 Å². The number of hydrogen-bond donors (Lipinski definition) is 2. The van der Waals surface area contributed by atoms with Gasteiger partial charge in [-0.1, -0.05) is 17.8 Å². The summed E-state index contributed by atoms with van der Waals surface area (Å²) in [5.74, 6) is 0.524. The van der Waals surface area contributed by atoms with Gasteiger partial charge in [0.05, 0.1) is 39.2 Å². The number of rotatable bonds is 12. The Bertz CT molecular complexity index is 1280. The lowest BCUT2D eigenvalue weighted by atomic mass is 10.2. The van der Waals surface area contributed by atoms with E-state index in [-0.39, 0.29) is 24.1 Å². The van der Waals surface area contributed by atoms with E-state index in [0.29, 0.717) is 45.8 Å². The summed E-state index contributed by atoms with van der Waals surface area (Å²) in [5.41, 5.74) is 1.33. The molecule has 37 heavy (non-hydrogen) atoms. The number of amides is 2. The van der Waals surface area contributed by atoms with Crippen LogP contribution in [0.5, 0.6) is 11.5 Å². The Morgan fingerprint density at radius 2 is 1.70 bits per heavy atom. The van der Waals surface area contributed by atoms with Crippen LogP contribution in [-0.4, -0.2) is 59.6 Å². The van der Waals surface area contributed by atoms with Crippen molar-refractivity contribution in [1.82, 2.24) is 20.1 Å². The van der Waals surface area contributed by atoms with Crippen molar-refractivity contribution in [2.45, 2.75) is 18.2 Å². The fourth-order valence-electron chi connectivity index (χ4n) is 3.24. The van der Waals surface area contributed by atoms with Crippen molar-refractivity contribution in [3.05, 3.63) is 72.1 Å². The summed E-state index contributed by atoms with van der Waals surface area (Å²) in [4.78, 5) is 36.6. The fraction of sp³-hybridized carbons (Fsp3) is 0.240. The summed E-state index contributed by atoms with van der Waals surface area (Å²) in [6.45, 7) is 4.28. The zero-order chi connectivity index (χ0) is 26.8. The topological polar surface area (TPSA) is 134 Å². The molecule has 0 aliphatic carbocycles. The van der Waals surface area contributed by atoms with Gasteiger partial charge < -0.3 is 29.4 Å². The minimum absolute atomic E-state index is 0.0754. The zero-order valence-corrected chi connectivity index (χ0v) is 21.5. The first-order chi connectivity index (χ1) is 17.9. The molecular weight excluding hydrogens is 498 g/mol. The number of thioether (sulfide) groups is 1. The smallest absolute Gasteiger partial charge is 0.337 e. The number of carbonyl (C=O) groups is 3. The fourth-order valence-corrected chi connectivity index (χ4v) is 4.01. The SMILES string of the molecule is C=CCn1c(CNC(=O)c2ccc(OC)c(OC)c2)nnc1SCC(=O)Nc1ccc(C(=O)OC)cc1. The predicted octanol–water partition coefficient (Wildman–Crippen LogP) is 2.93. The average molecular weight is 526 g/mol. The van der Waals surface area contributed by atoms with Gasteiger partial charge in [-0.25, -0.2) is 4.79 Å². The van der Waals surface area contributed by atoms with Crippen molar-refractivity contribution in [2.24, 2.45) is 0 Å². The maximum absolute atomic E-state index is 12.7. The van der Waals surface area contributed by atoms with Gasteiger partial charge in [0.1, 0.15) is 0 Å². The Morgan fingerprint density at radius 3 is 2.35 bits per heavy atom. The molecule has 0 saturated heterocycles. The number of aromatic nitrogens is 3. The van der Waals surface area contributed by atoms with E-state index in [0.717, 1.165) is 0 Å². The van der Waals surface area contributed by atoms with E-state index < -0.39 is 5.97 Å². The molecule has 3 rings (SSSR count). The van der Waals surface area contributed by atoms with Crippen LogP contribution in [0, 0.1) is 0 Å². The summed E-state index contributed by atoms with van der Waals surface area (Å²) in [5, 5.41) is 14.4. The molecule has 12 heteroatoms. The largest absolute Gasteiger partial charge is 0.493 e. The van der Waals surface area contributed by atoms with Gasteiger partial charge in [-0.15, -0.1) is 16.8 Å². The van der Waals surface area contributed by atoms with Crippen LogP contribution in [0.15, 0.2) is 60.3 Å². The summed E-state index contributed by atoms with van der Waals surface area (Å²) >= 11 is 1.20. The third-order valence-electron chi connectivity index (χ3n) is 5.08. The van der Waals surface area contributed by atoms with Crippen molar-refractivity contribution < 1.29 is 28.6 Å². The van der Waals surface area contributed by atoms with Crippen molar-refractivity contribution >= 4 is 35.2 Å². The standard InChI is InChI=1S/C25H27N5O6S/c1-5-12-30-21(14-26-23(32)17-8-11-19(34-2)20(13-17)35-3)28-29-25(30)37-15-22(31)27-18-9-6-16(7-10-18)24(33)36-4/h5-11,13H,1,12,14-15H2,2-4H3,(H,26,32)(H,27,31). The molecule has 194 valence electrons. The second-order valence-electron chi connectivity index (χ2n) is 7.46. The van der Waals surface area contributed by atoms with Gasteiger partial charge in [0, 0.05) is 17.8 Å². The van der Waals surface area contributed by atoms with Gasteiger partial charge in [0.25, 0.3) is 5.91 Å². The Morgan fingerprint density at radius 1 is 1.00 bits per heavy atom. The van der Waals surface area contributed by atoms with Crippen LogP contribution in [0.1, 0.15) is 26.5 Å². The number of ether oxygens (including phenoxy) is 3. The quantitative estimate of drug-likeness (QED) is 0.208. The molecule has 0 bridgehead atoms. The zero-order valence-electron chi connectivity index (χ0n) is 20.6. The first-order valence-electron chi connectivity index (χ1n) is 11.0. The summed E-state index contributed by atoms with van der Waals surface area (Å²) in [7, 11) is 4.32. The van der Waals surface area contributed by atoms with Gasteiger partial charge in [-0.2, -0.15) is 0 Å². The molecule has 0 unspecified atom stereocenters. The van der Waals surface area contributed by atoms with Crippen molar-refractivity contribution in [2.75, 3.05) is 32.4 Å². The van der Waals surface area contributed by atoms with Crippen molar-refractivity contribution in [1.29, 1.82) is 0 Å². The Kier molecular flexibility index (Phi) is 9.67. The summed E-state index contributed by atoms with van der Waals surface area (Å²) < 4.78 is 16.9. The molecule has 3 aromatic rings. The maximum atomic E-state index is 12.7. The highest BCUT2D eigenvalue weighted by atomic mass is 32.2. The number of benzene rings is 2. The molecule has 0 atom stereocenters.